The van der Waals surface area contributed by atoms with E-state index >= 15 is 0 Å². The van der Waals surface area contributed by atoms with Gasteiger partial charge in [-0.3, -0.25) is 43.2 Å². The highest BCUT2D eigenvalue weighted by Gasteiger charge is 2.48. The Labute approximate surface area is 598 Å². The monoisotopic (exact) mass is 1470 g/mol. The van der Waals surface area contributed by atoms with Crippen molar-refractivity contribution >= 4 is 52.7 Å². The SMILES string of the molecule is CC(=O)NC1[C@H](OCCCCC(=O)CCCCCC(=O)CCOCCC(COCCC(=O)CCCCNC(=O)CCCCO[C@@H]2OC(CO)[C@H](O)[C@H](O)C2NC(C)=O)(COCCC(=O)NCCCCC(=O)CCCCO[C@@H]2OC(CO)[C@H](O)[C@H](O)C2NC(C)=O)NC(C)C)OC(CO)[C@H](O)[C@@H]1O. The van der Waals surface area contributed by atoms with Gasteiger partial charge in [0.05, 0.1) is 58.4 Å². The highest BCUT2D eigenvalue weighted by Crippen LogP contribution is 2.26. The molecule has 0 radical (unpaired) electrons. The van der Waals surface area contributed by atoms with Crippen LogP contribution in [-0.4, -0.2) is 295 Å². The number of aliphatic hydroxyl groups excluding tert-OH is 9. The molecular formula is C69H122N6O27. The molecule has 0 aromatic carbocycles. The average molecular weight is 1470 g/mol. The van der Waals surface area contributed by atoms with Crippen LogP contribution in [0.4, 0.5) is 0 Å². The fourth-order valence-corrected chi connectivity index (χ4v) is 11.9. The smallest absolute Gasteiger partial charge is 0.222 e. The molecule has 3 heterocycles. The number of nitrogens with one attached hydrogen (secondary N) is 6. The maximum Gasteiger partial charge on any atom is 0.222 e. The van der Waals surface area contributed by atoms with Gasteiger partial charge >= 0.3 is 0 Å². The molecule has 0 aliphatic carbocycles. The maximum atomic E-state index is 13.0. The van der Waals surface area contributed by atoms with Crippen LogP contribution in [0, 0.1) is 0 Å². The van der Waals surface area contributed by atoms with Gasteiger partial charge in [0.1, 0.15) is 96.2 Å². The second-order valence-corrected chi connectivity index (χ2v) is 26.9. The third-order valence-corrected chi connectivity index (χ3v) is 17.5. The Balaban J connectivity index is 1.39. The molecule has 33 heteroatoms. The number of unbranched alkanes of at least 4 members (excludes halogenated alkanes) is 7. The van der Waals surface area contributed by atoms with E-state index in [0.29, 0.717) is 135 Å². The van der Waals surface area contributed by atoms with Crippen molar-refractivity contribution in [2.45, 2.75) is 292 Å². The number of Topliss-reactive ketones (excluding diaryl/α,β-unsaturated/α-hetero) is 4. The van der Waals surface area contributed by atoms with Crippen LogP contribution in [0.15, 0.2) is 0 Å². The number of aliphatic hydroxyl groups is 9. The molecule has 15 N–H and O–H groups in total. The quantitative estimate of drug-likeness (QED) is 0.0309. The number of ketones is 4. The molecule has 0 aromatic rings. The minimum Gasteiger partial charge on any atom is -0.394 e. The van der Waals surface area contributed by atoms with E-state index in [1.807, 2.05) is 13.8 Å². The Bertz CT molecular complexity index is 2330. The van der Waals surface area contributed by atoms with Gasteiger partial charge in [0.15, 0.2) is 18.9 Å². The van der Waals surface area contributed by atoms with E-state index in [-0.39, 0.29) is 133 Å². The topological polar surface area (TPSA) is 491 Å². The first-order chi connectivity index (χ1) is 48.7. The molecule has 5 amide bonds. The lowest BCUT2D eigenvalue weighted by molar-refractivity contribution is -0.270. The number of amides is 5. The van der Waals surface area contributed by atoms with E-state index in [9.17, 15) is 89.1 Å². The summed E-state index contributed by atoms with van der Waals surface area (Å²) >= 11 is 0. The summed E-state index contributed by atoms with van der Waals surface area (Å²) in [6.07, 6.45) is -5.28. The standard InChI is InChI=1S/C69H122N6O27/c1-44(2)75-69(42-95-36-27-51(85)22-10-15-30-70-55(86)25-13-18-34-99-68-59(74-47(5)81)65(93)62(90)54(41-78)102-68,43-96-37-28-56(87)71-31-14-9-21-49(83)24-12-17-33-98-67-58(73-46(4)80)64(92)61(89)53(40-77)101-67)29-38-94-35-26-50(84)20-8-6-7-19-48(82)23-11-16-32-97-66-57(72-45(3)79)63(91)60(88)52(39-76)100-66/h44,52-54,57-68,75-78,88-93H,6-43H2,1-5H3,(H,70,86)(H,71,87)(H,72,79)(H,73,80)(H,74,81)/t52?,53?,54?,57?,58?,59?,60-,61-,62-,63+,64+,65+,66+,67+,68+,69?/m0/s1. The maximum absolute atomic E-state index is 13.0. The van der Waals surface area contributed by atoms with Crippen LogP contribution >= 0.6 is 0 Å². The van der Waals surface area contributed by atoms with Gasteiger partial charge in [-0.1, -0.05) is 20.3 Å². The summed E-state index contributed by atoms with van der Waals surface area (Å²) in [5.41, 5.74) is -0.826. The fraction of sp³-hybridized carbons (Fsp3) is 0.870. The summed E-state index contributed by atoms with van der Waals surface area (Å²) in [6, 6.07) is -3.22. The largest absolute Gasteiger partial charge is 0.394 e. The van der Waals surface area contributed by atoms with Crippen molar-refractivity contribution in [3.05, 3.63) is 0 Å². The molecule has 7 unspecified atom stereocenters. The molecule has 3 rings (SSSR count). The number of rotatable bonds is 58. The van der Waals surface area contributed by atoms with Gasteiger partial charge in [0.25, 0.3) is 0 Å². The van der Waals surface area contributed by atoms with Crippen molar-refractivity contribution in [2.24, 2.45) is 0 Å². The summed E-state index contributed by atoms with van der Waals surface area (Å²) in [5, 5.41) is 107. The Morgan fingerprint density at radius 3 is 1.04 bits per heavy atom. The first-order valence-electron chi connectivity index (χ1n) is 36.4. The van der Waals surface area contributed by atoms with Crippen LogP contribution in [0.3, 0.4) is 0 Å². The molecule has 3 aliphatic rings. The van der Waals surface area contributed by atoms with Crippen molar-refractivity contribution in [3.8, 4) is 0 Å². The number of carbonyl (C=O) groups is 9. The summed E-state index contributed by atoms with van der Waals surface area (Å²) in [4.78, 5) is 112. The summed E-state index contributed by atoms with van der Waals surface area (Å²) in [7, 11) is 0. The van der Waals surface area contributed by atoms with Gasteiger partial charge in [-0.05, 0) is 83.5 Å². The molecule has 16 atom stereocenters. The van der Waals surface area contributed by atoms with Gasteiger partial charge in [-0.2, -0.15) is 0 Å². The molecule has 3 aliphatic heterocycles. The van der Waals surface area contributed by atoms with Crippen LogP contribution in [0.1, 0.15) is 189 Å². The fourth-order valence-electron chi connectivity index (χ4n) is 11.9. The van der Waals surface area contributed by atoms with Crippen molar-refractivity contribution in [2.75, 3.05) is 92.4 Å². The molecule has 33 nitrogen and oxygen atoms in total. The number of ether oxygens (including phenoxy) is 9. The third kappa shape index (κ3) is 37.0. The molecule has 590 valence electrons. The van der Waals surface area contributed by atoms with Crippen LogP contribution < -0.4 is 31.9 Å². The van der Waals surface area contributed by atoms with E-state index in [1.165, 1.54) is 20.8 Å². The number of hydrogen-bond donors (Lipinski definition) is 15. The van der Waals surface area contributed by atoms with Crippen molar-refractivity contribution in [3.63, 3.8) is 0 Å². The van der Waals surface area contributed by atoms with Crippen LogP contribution in [0.25, 0.3) is 0 Å². The molecule has 0 saturated carbocycles. The van der Waals surface area contributed by atoms with Crippen LogP contribution in [0.2, 0.25) is 0 Å². The van der Waals surface area contributed by atoms with E-state index in [0.717, 1.165) is 0 Å². The number of carbonyl (C=O) groups excluding carboxylic acids is 9. The summed E-state index contributed by atoms with van der Waals surface area (Å²) in [6.45, 7) is 7.92. The number of hydrogen-bond acceptors (Lipinski definition) is 28. The van der Waals surface area contributed by atoms with Crippen LogP contribution in [-0.2, 0) is 85.8 Å². The second kappa shape index (κ2) is 52.3. The zero-order valence-electron chi connectivity index (χ0n) is 60.5. The van der Waals surface area contributed by atoms with Crippen molar-refractivity contribution in [1.82, 2.24) is 31.9 Å². The highest BCUT2D eigenvalue weighted by molar-refractivity contribution is 5.80. The predicted molar refractivity (Wildman–Crippen MR) is 364 cm³/mol. The van der Waals surface area contributed by atoms with Gasteiger partial charge < -0.3 is 120 Å². The molecule has 0 aromatic heterocycles. The highest BCUT2D eigenvalue weighted by atomic mass is 16.7. The second-order valence-electron chi connectivity index (χ2n) is 26.9. The molecule has 3 fully saturated rings. The summed E-state index contributed by atoms with van der Waals surface area (Å²) in [5.74, 6) is -1.70. The Kier molecular flexibility index (Phi) is 46.9. The van der Waals surface area contributed by atoms with Crippen LogP contribution in [0.5, 0.6) is 0 Å². The normalized spacial score (nSPS) is 25.7. The Morgan fingerprint density at radius 1 is 0.373 bits per heavy atom. The van der Waals surface area contributed by atoms with Crippen molar-refractivity contribution in [1.29, 1.82) is 0 Å². The zero-order valence-corrected chi connectivity index (χ0v) is 60.5. The molecule has 0 bridgehead atoms. The van der Waals surface area contributed by atoms with Gasteiger partial charge in [0.2, 0.25) is 29.5 Å². The Hall–Kier alpha value is -4.73. The first kappa shape index (κ1) is 91.5. The van der Waals surface area contributed by atoms with E-state index < -0.39 is 135 Å². The van der Waals surface area contributed by atoms with Gasteiger partial charge in [0, 0.05) is 131 Å². The molecular weight excluding hydrogens is 1340 g/mol. The molecule has 0 spiro atoms. The lowest BCUT2D eigenvalue weighted by Gasteiger charge is -2.42. The van der Waals surface area contributed by atoms with Gasteiger partial charge in [-0.25, -0.2) is 0 Å². The molecule has 3 saturated heterocycles. The van der Waals surface area contributed by atoms with Gasteiger partial charge in [-0.15, -0.1) is 0 Å². The first-order valence-corrected chi connectivity index (χ1v) is 36.4. The lowest BCUT2D eigenvalue weighted by Crippen LogP contribution is -2.64. The summed E-state index contributed by atoms with van der Waals surface area (Å²) < 4.78 is 52.1. The molecule has 102 heavy (non-hydrogen) atoms. The average Bonchev–Trinajstić information content (AvgIpc) is 0.822. The predicted octanol–water partition coefficient (Wildman–Crippen LogP) is -1.47. The zero-order chi connectivity index (χ0) is 75.4. The lowest BCUT2D eigenvalue weighted by atomic mass is 9.96. The van der Waals surface area contributed by atoms with E-state index in [2.05, 4.69) is 31.9 Å². The minimum atomic E-state index is -1.43. The van der Waals surface area contributed by atoms with Crippen molar-refractivity contribution < 1.29 is 132 Å². The third-order valence-electron chi connectivity index (χ3n) is 17.5. The van der Waals surface area contributed by atoms with E-state index in [4.69, 9.17) is 42.6 Å². The minimum absolute atomic E-state index is 0.0188. The van der Waals surface area contributed by atoms with E-state index in [1.54, 1.807) is 0 Å². The Morgan fingerprint density at radius 2 is 0.686 bits per heavy atom.